The van der Waals surface area contributed by atoms with E-state index in [1.54, 1.807) is 5.57 Å². The van der Waals surface area contributed by atoms with Crippen molar-refractivity contribution in [2.75, 3.05) is 0 Å². The van der Waals surface area contributed by atoms with Crippen LogP contribution >= 0.6 is 0 Å². The van der Waals surface area contributed by atoms with Crippen LogP contribution in [0.2, 0.25) is 0 Å². The largest absolute Gasteiger partial charge is 0.0853 e. The average molecular weight is 190 g/mol. The van der Waals surface area contributed by atoms with Gasteiger partial charge < -0.3 is 0 Å². The summed E-state index contributed by atoms with van der Waals surface area (Å²) in [4.78, 5) is 0. The van der Waals surface area contributed by atoms with Crippen LogP contribution in [0.5, 0.6) is 0 Å². The molecule has 14 heavy (non-hydrogen) atoms. The molecule has 0 saturated carbocycles. The van der Waals surface area contributed by atoms with Crippen LogP contribution in [0.1, 0.15) is 47.0 Å². The van der Waals surface area contributed by atoms with Crippen molar-refractivity contribution in [3.63, 3.8) is 0 Å². The minimum Gasteiger partial charge on any atom is -0.0853 e. The van der Waals surface area contributed by atoms with Gasteiger partial charge in [-0.25, -0.2) is 0 Å². The zero-order valence-electron chi connectivity index (χ0n) is 9.93. The second-order valence-electron chi connectivity index (χ2n) is 4.63. The molecule has 2 aliphatic rings. The van der Waals surface area contributed by atoms with Gasteiger partial charge in [0.15, 0.2) is 0 Å². The summed E-state index contributed by atoms with van der Waals surface area (Å²) in [5.41, 5.74) is 4.55. The second kappa shape index (κ2) is 5.19. The SMILES string of the molecule is CC1=CC=C(C)C1.CC1=CCCC1C. The van der Waals surface area contributed by atoms with Gasteiger partial charge in [0.1, 0.15) is 0 Å². The van der Waals surface area contributed by atoms with Crippen molar-refractivity contribution in [3.8, 4) is 0 Å². The Morgan fingerprint density at radius 1 is 1.07 bits per heavy atom. The van der Waals surface area contributed by atoms with E-state index in [-0.39, 0.29) is 0 Å². The van der Waals surface area contributed by atoms with Crippen LogP contribution in [0.3, 0.4) is 0 Å². The average Bonchev–Trinajstić information content (AvgIpc) is 2.65. The molecule has 0 amide bonds. The van der Waals surface area contributed by atoms with Crippen LogP contribution < -0.4 is 0 Å². The molecule has 2 rings (SSSR count). The van der Waals surface area contributed by atoms with Gasteiger partial charge in [0.05, 0.1) is 0 Å². The Hall–Kier alpha value is -0.780. The molecule has 2 aliphatic carbocycles. The third-order valence-corrected chi connectivity index (χ3v) is 3.05. The van der Waals surface area contributed by atoms with Gasteiger partial charge in [-0.2, -0.15) is 0 Å². The molecule has 0 aliphatic heterocycles. The molecular weight excluding hydrogens is 168 g/mol. The molecule has 0 aromatic heterocycles. The normalized spacial score (nSPS) is 24.9. The summed E-state index contributed by atoms with van der Waals surface area (Å²) >= 11 is 0. The summed E-state index contributed by atoms with van der Waals surface area (Å²) in [6.07, 6.45) is 10.6. The van der Waals surface area contributed by atoms with Gasteiger partial charge in [-0.05, 0) is 46.0 Å². The molecule has 1 unspecified atom stereocenters. The molecule has 0 saturated heterocycles. The first-order valence-corrected chi connectivity index (χ1v) is 5.59. The van der Waals surface area contributed by atoms with Gasteiger partial charge in [-0.15, -0.1) is 0 Å². The van der Waals surface area contributed by atoms with E-state index >= 15 is 0 Å². The first-order chi connectivity index (χ1) is 6.59. The van der Waals surface area contributed by atoms with Crippen molar-refractivity contribution in [2.24, 2.45) is 5.92 Å². The van der Waals surface area contributed by atoms with E-state index < -0.39 is 0 Å². The summed E-state index contributed by atoms with van der Waals surface area (Å²) in [5, 5.41) is 0. The summed E-state index contributed by atoms with van der Waals surface area (Å²) in [7, 11) is 0. The minimum atomic E-state index is 0.875. The van der Waals surface area contributed by atoms with Gasteiger partial charge in [-0.3, -0.25) is 0 Å². The van der Waals surface area contributed by atoms with Crippen molar-refractivity contribution in [1.29, 1.82) is 0 Å². The van der Waals surface area contributed by atoms with E-state index in [1.165, 1.54) is 30.4 Å². The summed E-state index contributed by atoms with van der Waals surface area (Å²) in [6.45, 7) is 8.83. The molecule has 1 atom stereocenters. The Bertz CT molecular complexity index is 260. The van der Waals surface area contributed by atoms with E-state index in [1.807, 2.05) is 0 Å². The van der Waals surface area contributed by atoms with Gasteiger partial charge >= 0.3 is 0 Å². The lowest BCUT2D eigenvalue weighted by atomic mass is 10.1. The number of hydrogen-bond donors (Lipinski definition) is 0. The summed E-state index contributed by atoms with van der Waals surface area (Å²) in [6, 6.07) is 0. The van der Waals surface area contributed by atoms with Crippen LogP contribution in [-0.2, 0) is 0 Å². The zero-order valence-corrected chi connectivity index (χ0v) is 9.93. The summed E-state index contributed by atoms with van der Waals surface area (Å²) in [5.74, 6) is 0.875. The quantitative estimate of drug-likeness (QED) is 0.488. The smallest absolute Gasteiger partial charge is 0.0108 e. The highest BCUT2D eigenvalue weighted by Crippen LogP contribution is 2.23. The van der Waals surface area contributed by atoms with Crippen molar-refractivity contribution in [2.45, 2.75) is 47.0 Å². The highest BCUT2D eigenvalue weighted by atomic mass is 14.1. The number of hydrogen-bond acceptors (Lipinski definition) is 0. The van der Waals surface area contributed by atoms with Crippen molar-refractivity contribution in [1.82, 2.24) is 0 Å². The molecule has 0 nitrogen and oxygen atoms in total. The molecule has 0 aromatic carbocycles. The van der Waals surface area contributed by atoms with Crippen LogP contribution in [0, 0.1) is 5.92 Å². The standard InChI is InChI=1S/C7H10.C7H12/c1-6-3-4-7(2)5-6;1-6-4-3-5-7(6)2/h3-4H,5H2,1-2H3;4,7H,3,5H2,1-2H3. The van der Waals surface area contributed by atoms with Crippen molar-refractivity contribution in [3.05, 3.63) is 34.9 Å². The number of allylic oxidation sites excluding steroid dienone is 6. The monoisotopic (exact) mass is 190 g/mol. The Balaban J connectivity index is 0.000000140. The maximum absolute atomic E-state index is 2.34. The molecule has 0 heterocycles. The first-order valence-electron chi connectivity index (χ1n) is 5.59. The molecule has 0 N–H and O–H groups in total. The van der Waals surface area contributed by atoms with E-state index in [4.69, 9.17) is 0 Å². The third kappa shape index (κ3) is 3.53. The predicted molar refractivity (Wildman–Crippen MR) is 64.3 cm³/mol. The molecule has 0 heteroatoms. The maximum atomic E-state index is 2.34. The molecule has 0 radical (unpaired) electrons. The van der Waals surface area contributed by atoms with Gasteiger partial charge in [0, 0.05) is 0 Å². The predicted octanol–water partition coefficient (Wildman–Crippen LogP) is 4.65. The van der Waals surface area contributed by atoms with Crippen LogP contribution in [0.25, 0.3) is 0 Å². The van der Waals surface area contributed by atoms with Gasteiger partial charge in [-0.1, -0.05) is 41.9 Å². The lowest BCUT2D eigenvalue weighted by Gasteiger charge is -1.98. The van der Waals surface area contributed by atoms with E-state index in [9.17, 15) is 0 Å². The van der Waals surface area contributed by atoms with Gasteiger partial charge in [0.25, 0.3) is 0 Å². The molecule has 0 fully saturated rings. The molecular formula is C14H22. The topological polar surface area (TPSA) is 0 Å². The number of rotatable bonds is 0. The van der Waals surface area contributed by atoms with E-state index in [0.717, 1.165) is 5.92 Å². The third-order valence-electron chi connectivity index (χ3n) is 3.05. The van der Waals surface area contributed by atoms with E-state index in [2.05, 4.69) is 45.9 Å². The molecule has 78 valence electrons. The fourth-order valence-electron chi connectivity index (χ4n) is 1.83. The molecule has 0 aromatic rings. The van der Waals surface area contributed by atoms with Crippen molar-refractivity contribution < 1.29 is 0 Å². The molecule has 0 spiro atoms. The molecule has 0 bridgehead atoms. The van der Waals surface area contributed by atoms with Crippen LogP contribution in [0.4, 0.5) is 0 Å². The highest BCUT2D eigenvalue weighted by molar-refractivity contribution is 5.27. The van der Waals surface area contributed by atoms with Crippen LogP contribution in [0.15, 0.2) is 34.9 Å². The zero-order chi connectivity index (χ0) is 10.6. The first kappa shape index (κ1) is 11.3. The fraction of sp³-hybridized carbons (Fsp3) is 0.571. The van der Waals surface area contributed by atoms with Crippen LogP contribution in [-0.4, -0.2) is 0 Å². The summed E-state index contributed by atoms with van der Waals surface area (Å²) < 4.78 is 0. The lowest BCUT2D eigenvalue weighted by molar-refractivity contribution is 0.670. The maximum Gasteiger partial charge on any atom is -0.0108 e. The Morgan fingerprint density at radius 3 is 1.79 bits per heavy atom. The Labute approximate surface area is 88.4 Å². The lowest BCUT2D eigenvalue weighted by Crippen LogP contribution is -1.85. The van der Waals surface area contributed by atoms with Crippen molar-refractivity contribution >= 4 is 0 Å². The fourth-order valence-corrected chi connectivity index (χ4v) is 1.83. The van der Waals surface area contributed by atoms with Gasteiger partial charge in [0.2, 0.25) is 0 Å². The second-order valence-corrected chi connectivity index (χ2v) is 4.63. The Morgan fingerprint density at radius 2 is 1.64 bits per heavy atom. The highest BCUT2D eigenvalue weighted by Gasteiger charge is 2.07. The Kier molecular flexibility index (Phi) is 4.19. The minimum absolute atomic E-state index is 0.875. The van der Waals surface area contributed by atoms with E-state index in [0.29, 0.717) is 0 Å².